The van der Waals surface area contributed by atoms with E-state index in [-0.39, 0.29) is 18.1 Å². The Morgan fingerprint density at radius 3 is 2.55 bits per heavy atom. The van der Waals surface area contributed by atoms with E-state index in [0.717, 1.165) is 17.1 Å². The number of para-hydroxylation sites is 1. The van der Waals surface area contributed by atoms with Crippen molar-refractivity contribution in [3.05, 3.63) is 58.2 Å². The minimum absolute atomic E-state index is 0.108. The number of benzene rings is 1. The summed E-state index contributed by atoms with van der Waals surface area (Å²) in [6, 6.07) is 7.97. The van der Waals surface area contributed by atoms with Gasteiger partial charge in [0.15, 0.2) is 10.9 Å². The van der Waals surface area contributed by atoms with E-state index in [2.05, 4.69) is 15.2 Å². The molecule has 0 spiro atoms. The van der Waals surface area contributed by atoms with Gasteiger partial charge >= 0.3 is 5.97 Å². The molecule has 0 bridgehead atoms. The van der Waals surface area contributed by atoms with Crippen LogP contribution in [0.5, 0.6) is 0 Å². The first-order valence-corrected chi connectivity index (χ1v) is 10.3. The van der Waals surface area contributed by atoms with Crippen molar-refractivity contribution in [2.24, 2.45) is 0 Å². The van der Waals surface area contributed by atoms with E-state index in [9.17, 15) is 9.59 Å². The number of aromatic nitrogens is 4. The normalized spacial score (nSPS) is 10.9. The zero-order chi connectivity index (χ0) is 21.1. The number of carbonyl (C=O) groups excluding carboxylic acids is 2. The van der Waals surface area contributed by atoms with Crippen LogP contribution in [-0.4, -0.2) is 43.9 Å². The highest BCUT2D eigenvalue weighted by molar-refractivity contribution is 7.99. The number of nitrogens with zero attached hydrogens (tertiary/aromatic N) is 3. The van der Waals surface area contributed by atoms with Gasteiger partial charge in [0.25, 0.3) is 0 Å². The van der Waals surface area contributed by atoms with Crippen LogP contribution in [0.15, 0.2) is 29.4 Å². The average molecular weight is 413 g/mol. The first kappa shape index (κ1) is 20.9. The van der Waals surface area contributed by atoms with Crippen molar-refractivity contribution in [2.45, 2.75) is 39.8 Å². The standard InChI is InChI=1S/C21H24N4O3S/c1-6-28-20(27)18-13(3)19(22-14(18)4)17(26)11-29-21-24-23-15(5)25(21)16-10-8-7-9-12(16)2/h7-10,22H,6,11H2,1-5H3. The summed E-state index contributed by atoms with van der Waals surface area (Å²) in [5.74, 6) is 0.404. The molecule has 0 saturated heterocycles. The number of Topliss-reactive ketones (excluding diaryl/α,β-unsaturated/α-hetero) is 1. The first-order valence-electron chi connectivity index (χ1n) is 9.35. The molecule has 0 atom stereocenters. The van der Waals surface area contributed by atoms with Gasteiger partial charge in [0.2, 0.25) is 0 Å². The summed E-state index contributed by atoms with van der Waals surface area (Å²) in [6.07, 6.45) is 0. The molecule has 0 saturated carbocycles. The number of aromatic amines is 1. The summed E-state index contributed by atoms with van der Waals surface area (Å²) < 4.78 is 7.04. The van der Waals surface area contributed by atoms with Crippen LogP contribution in [0.4, 0.5) is 0 Å². The first-order chi connectivity index (χ1) is 13.8. The molecule has 3 rings (SSSR count). The Hall–Kier alpha value is -2.87. The lowest BCUT2D eigenvalue weighted by molar-refractivity contribution is 0.0525. The molecular weight excluding hydrogens is 388 g/mol. The highest BCUT2D eigenvalue weighted by Gasteiger charge is 2.23. The van der Waals surface area contributed by atoms with Crippen molar-refractivity contribution in [2.75, 3.05) is 12.4 Å². The summed E-state index contributed by atoms with van der Waals surface area (Å²) in [5.41, 5.74) is 4.19. The second-order valence-electron chi connectivity index (χ2n) is 6.71. The van der Waals surface area contributed by atoms with Gasteiger partial charge < -0.3 is 9.72 Å². The van der Waals surface area contributed by atoms with Gasteiger partial charge in [-0.2, -0.15) is 0 Å². The average Bonchev–Trinajstić information content (AvgIpc) is 3.19. The van der Waals surface area contributed by atoms with Gasteiger partial charge in [-0.25, -0.2) is 4.79 Å². The second kappa shape index (κ2) is 8.65. The lowest BCUT2D eigenvalue weighted by atomic mass is 10.1. The zero-order valence-corrected chi connectivity index (χ0v) is 18.0. The predicted octanol–water partition coefficient (Wildman–Crippen LogP) is 3.98. The van der Waals surface area contributed by atoms with E-state index in [0.29, 0.717) is 27.7 Å². The van der Waals surface area contributed by atoms with Crippen molar-refractivity contribution in [3.8, 4) is 5.69 Å². The zero-order valence-electron chi connectivity index (χ0n) is 17.2. The third-order valence-electron chi connectivity index (χ3n) is 4.68. The molecule has 0 amide bonds. The largest absolute Gasteiger partial charge is 0.462 e. The number of nitrogens with one attached hydrogen (secondary N) is 1. The van der Waals surface area contributed by atoms with Gasteiger partial charge in [0.05, 0.1) is 29.3 Å². The third-order valence-corrected chi connectivity index (χ3v) is 5.61. The molecule has 2 aromatic heterocycles. The van der Waals surface area contributed by atoms with Crippen LogP contribution in [0.3, 0.4) is 0 Å². The van der Waals surface area contributed by atoms with Crippen molar-refractivity contribution in [1.29, 1.82) is 0 Å². The van der Waals surface area contributed by atoms with Crippen LogP contribution in [0.2, 0.25) is 0 Å². The van der Waals surface area contributed by atoms with Gasteiger partial charge in [-0.15, -0.1) is 10.2 Å². The lowest BCUT2D eigenvalue weighted by Crippen LogP contribution is -2.09. The van der Waals surface area contributed by atoms with Crippen molar-refractivity contribution in [3.63, 3.8) is 0 Å². The SMILES string of the molecule is CCOC(=O)c1c(C)[nH]c(C(=O)CSc2nnc(C)n2-c2ccccc2C)c1C. The maximum Gasteiger partial charge on any atom is 0.340 e. The molecule has 8 heteroatoms. The quantitative estimate of drug-likeness (QED) is 0.359. The van der Waals surface area contributed by atoms with Gasteiger partial charge in [0.1, 0.15) is 5.82 Å². The minimum atomic E-state index is -0.416. The molecular formula is C21H24N4O3S. The number of thioether (sulfide) groups is 1. The number of aryl methyl sites for hydroxylation is 3. The smallest absolute Gasteiger partial charge is 0.340 e. The molecule has 0 aliphatic carbocycles. The Kier molecular flexibility index (Phi) is 6.22. The summed E-state index contributed by atoms with van der Waals surface area (Å²) >= 11 is 1.32. The van der Waals surface area contributed by atoms with E-state index >= 15 is 0 Å². The van der Waals surface area contributed by atoms with Gasteiger partial charge in [-0.1, -0.05) is 30.0 Å². The van der Waals surface area contributed by atoms with Crippen LogP contribution in [0, 0.1) is 27.7 Å². The van der Waals surface area contributed by atoms with Gasteiger partial charge in [-0.05, 0) is 51.8 Å². The summed E-state index contributed by atoms with van der Waals surface area (Å²) in [5, 5.41) is 9.06. The highest BCUT2D eigenvalue weighted by Crippen LogP contribution is 2.26. The molecule has 0 unspecified atom stereocenters. The van der Waals surface area contributed by atoms with E-state index in [1.165, 1.54) is 11.8 Å². The summed E-state index contributed by atoms with van der Waals surface area (Å²) in [7, 11) is 0. The highest BCUT2D eigenvalue weighted by atomic mass is 32.2. The van der Waals surface area contributed by atoms with E-state index in [4.69, 9.17) is 4.74 Å². The fraction of sp³-hybridized carbons (Fsp3) is 0.333. The molecule has 29 heavy (non-hydrogen) atoms. The topological polar surface area (TPSA) is 89.9 Å². The molecule has 0 aliphatic heterocycles. The Morgan fingerprint density at radius 2 is 1.86 bits per heavy atom. The fourth-order valence-corrected chi connectivity index (χ4v) is 4.13. The van der Waals surface area contributed by atoms with Crippen LogP contribution in [0.1, 0.15) is 50.4 Å². The molecule has 3 aromatic rings. The van der Waals surface area contributed by atoms with E-state index in [1.54, 1.807) is 20.8 Å². The Morgan fingerprint density at radius 1 is 1.14 bits per heavy atom. The molecule has 0 radical (unpaired) electrons. The predicted molar refractivity (Wildman–Crippen MR) is 112 cm³/mol. The fourth-order valence-electron chi connectivity index (χ4n) is 3.27. The maximum atomic E-state index is 12.8. The number of H-pyrrole nitrogens is 1. The molecule has 0 fully saturated rings. The van der Waals surface area contributed by atoms with Crippen molar-refractivity contribution < 1.29 is 14.3 Å². The number of hydrogen-bond acceptors (Lipinski definition) is 6. The van der Waals surface area contributed by atoms with Crippen LogP contribution < -0.4 is 0 Å². The number of ketones is 1. The molecule has 1 aromatic carbocycles. The van der Waals surface area contributed by atoms with Crippen molar-refractivity contribution in [1.82, 2.24) is 19.7 Å². The van der Waals surface area contributed by atoms with E-state index in [1.807, 2.05) is 42.7 Å². The van der Waals surface area contributed by atoms with Gasteiger partial charge in [-0.3, -0.25) is 9.36 Å². The van der Waals surface area contributed by atoms with Crippen LogP contribution in [-0.2, 0) is 4.74 Å². The monoisotopic (exact) mass is 412 g/mol. The van der Waals surface area contributed by atoms with Crippen LogP contribution in [0.25, 0.3) is 5.69 Å². The molecule has 0 aliphatic rings. The number of esters is 1. The minimum Gasteiger partial charge on any atom is -0.462 e. The number of ether oxygens (including phenoxy) is 1. The molecule has 1 N–H and O–H groups in total. The maximum absolute atomic E-state index is 12.8. The van der Waals surface area contributed by atoms with Crippen LogP contribution >= 0.6 is 11.8 Å². The Bertz CT molecular complexity index is 1070. The third kappa shape index (κ3) is 4.12. The lowest BCUT2D eigenvalue weighted by Gasteiger charge is -2.10. The van der Waals surface area contributed by atoms with E-state index < -0.39 is 5.97 Å². The molecule has 152 valence electrons. The number of rotatable bonds is 7. The summed E-state index contributed by atoms with van der Waals surface area (Å²) in [4.78, 5) is 28.0. The van der Waals surface area contributed by atoms with Gasteiger partial charge in [0, 0.05) is 5.69 Å². The number of hydrogen-bond donors (Lipinski definition) is 1. The molecule has 7 nitrogen and oxygen atoms in total. The Labute approximate surface area is 173 Å². The number of carbonyl (C=O) groups is 2. The molecule has 2 heterocycles. The Balaban J connectivity index is 1.82. The van der Waals surface area contributed by atoms with Crippen molar-refractivity contribution >= 4 is 23.5 Å². The second-order valence-corrected chi connectivity index (χ2v) is 7.65. The summed E-state index contributed by atoms with van der Waals surface area (Å²) in [6.45, 7) is 9.47.